The van der Waals surface area contributed by atoms with E-state index in [2.05, 4.69) is 27.9 Å². The van der Waals surface area contributed by atoms with Crippen LogP contribution < -0.4 is 19.5 Å². The molecule has 0 bridgehead atoms. The molecule has 1 N–H and O–H groups in total. The van der Waals surface area contributed by atoms with E-state index in [0.717, 1.165) is 9.13 Å². The van der Waals surface area contributed by atoms with Crippen molar-refractivity contribution in [3.05, 3.63) is 50.1 Å². The van der Waals surface area contributed by atoms with Crippen LogP contribution in [0.25, 0.3) is 0 Å². The summed E-state index contributed by atoms with van der Waals surface area (Å²) in [7, 11) is 4.68. The molecule has 5 nitrogen and oxygen atoms in total. The zero-order chi connectivity index (χ0) is 17.7. The third-order valence-electron chi connectivity index (χ3n) is 3.41. The fourth-order valence-corrected chi connectivity index (χ4v) is 2.78. The minimum absolute atomic E-state index is 0.193. The number of hydrogen-bond donors (Lipinski definition) is 1. The Labute approximate surface area is 159 Å². The summed E-state index contributed by atoms with van der Waals surface area (Å²) in [5, 5.41) is 3.48. The van der Waals surface area contributed by atoms with Crippen molar-refractivity contribution in [1.82, 2.24) is 5.32 Å². The average Bonchev–Trinajstić information content (AvgIpc) is 2.60. The number of ether oxygens (including phenoxy) is 3. The zero-order valence-corrected chi connectivity index (χ0v) is 16.4. The van der Waals surface area contributed by atoms with E-state index in [4.69, 9.17) is 25.8 Å². The first-order valence-electron chi connectivity index (χ1n) is 7.02. The second-order valence-corrected chi connectivity index (χ2v) is 6.40. The van der Waals surface area contributed by atoms with Crippen LogP contribution in [0.15, 0.2) is 30.3 Å². The molecule has 2 aromatic rings. The molecule has 0 atom stereocenters. The Hall–Kier alpha value is -1.67. The monoisotopic (exact) mass is 461 g/mol. The van der Waals surface area contributed by atoms with Crippen molar-refractivity contribution < 1.29 is 19.0 Å². The smallest absolute Gasteiger partial charge is 0.251 e. The molecule has 1 amide bonds. The Morgan fingerprint density at radius 3 is 2.25 bits per heavy atom. The van der Waals surface area contributed by atoms with Gasteiger partial charge in [0.2, 0.25) is 0 Å². The summed E-state index contributed by atoms with van der Waals surface area (Å²) >= 11 is 8.07. The van der Waals surface area contributed by atoms with Gasteiger partial charge in [0, 0.05) is 27.3 Å². The van der Waals surface area contributed by atoms with Gasteiger partial charge in [-0.3, -0.25) is 4.79 Å². The van der Waals surface area contributed by atoms with Crippen LogP contribution in [0.5, 0.6) is 17.2 Å². The number of halogens is 2. The Bertz CT molecular complexity index is 752. The fraction of sp³-hybridized carbons (Fsp3) is 0.235. The standard InChI is InChI=1S/C17H17ClINO4/c1-22-14-8-16(24-3)15(23-2)7-11(14)9-20-17(21)10-4-5-12(18)13(19)6-10/h4-8H,9H2,1-3H3,(H,20,21). The first-order valence-corrected chi connectivity index (χ1v) is 8.48. The highest BCUT2D eigenvalue weighted by Crippen LogP contribution is 2.34. The molecule has 24 heavy (non-hydrogen) atoms. The Morgan fingerprint density at radius 1 is 1.04 bits per heavy atom. The van der Waals surface area contributed by atoms with E-state index < -0.39 is 0 Å². The maximum absolute atomic E-state index is 12.3. The summed E-state index contributed by atoms with van der Waals surface area (Å²) in [6.45, 7) is 0.293. The molecule has 2 rings (SSSR count). The van der Waals surface area contributed by atoms with Gasteiger partial charge >= 0.3 is 0 Å². The number of nitrogens with one attached hydrogen (secondary N) is 1. The normalized spacial score (nSPS) is 10.2. The lowest BCUT2D eigenvalue weighted by molar-refractivity contribution is 0.0950. The lowest BCUT2D eigenvalue weighted by atomic mass is 10.1. The average molecular weight is 462 g/mol. The van der Waals surface area contributed by atoms with Crippen molar-refractivity contribution >= 4 is 40.1 Å². The van der Waals surface area contributed by atoms with Crippen LogP contribution in [-0.2, 0) is 6.54 Å². The lowest BCUT2D eigenvalue weighted by Crippen LogP contribution is -2.23. The maximum Gasteiger partial charge on any atom is 0.251 e. The van der Waals surface area contributed by atoms with Crippen LogP contribution in [0.3, 0.4) is 0 Å². The van der Waals surface area contributed by atoms with Crippen LogP contribution in [-0.4, -0.2) is 27.2 Å². The van der Waals surface area contributed by atoms with Gasteiger partial charge in [0.25, 0.3) is 5.91 Å². The number of carbonyl (C=O) groups is 1. The van der Waals surface area contributed by atoms with Gasteiger partial charge in [0.1, 0.15) is 5.75 Å². The highest BCUT2D eigenvalue weighted by atomic mass is 127. The van der Waals surface area contributed by atoms with Gasteiger partial charge in [-0.2, -0.15) is 0 Å². The first-order chi connectivity index (χ1) is 11.5. The molecule has 0 spiro atoms. The summed E-state index contributed by atoms with van der Waals surface area (Å²) in [5.74, 6) is 1.56. The molecule has 0 fully saturated rings. The molecule has 0 aromatic heterocycles. The number of methoxy groups -OCH3 is 3. The van der Waals surface area contributed by atoms with E-state index in [9.17, 15) is 4.79 Å². The van der Waals surface area contributed by atoms with E-state index in [0.29, 0.717) is 34.4 Å². The predicted molar refractivity (Wildman–Crippen MR) is 101 cm³/mol. The van der Waals surface area contributed by atoms with Gasteiger partial charge in [-0.15, -0.1) is 0 Å². The molecule has 0 radical (unpaired) electrons. The van der Waals surface area contributed by atoms with Crippen LogP contribution >= 0.6 is 34.2 Å². The first kappa shape index (κ1) is 18.7. The molecule has 0 aliphatic carbocycles. The maximum atomic E-state index is 12.3. The van der Waals surface area contributed by atoms with E-state index in [1.165, 1.54) is 0 Å². The Balaban J connectivity index is 2.18. The quantitative estimate of drug-likeness (QED) is 0.663. The van der Waals surface area contributed by atoms with Crippen LogP contribution in [0.4, 0.5) is 0 Å². The minimum atomic E-state index is -0.193. The van der Waals surface area contributed by atoms with Crippen molar-refractivity contribution in [2.24, 2.45) is 0 Å². The summed E-state index contributed by atoms with van der Waals surface area (Å²) in [6, 6.07) is 8.64. The largest absolute Gasteiger partial charge is 0.496 e. The van der Waals surface area contributed by atoms with Crippen molar-refractivity contribution in [1.29, 1.82) is 0 Å². The SMILES string of the molecule is COc1cc(OC)c(OC)cc1CNC(=O)c1ccc(Cl)c(I)c1. The van der Waals surface area contributed by atoms with Crippen LogP contribution in [0, 0.1) is 3.57 Å². The Morgan fingerprint density at radius 2 is 1.67 bits per heavy atom. The molecule has 0 aliphatic rings. The van der Waals surface area contributed by atoms with Crippen molar-refractivity contribution in [2.75, 3.05) is 21.3 Å². The summed E-state index contributed by atoms with van der Waals surface area (Å²) in [4.78, 5) is 12.3. The van der Waals surface area contributed by atoms with Gasteiger partial charge in [0.05, 0.1) is 26.4 Å². The third kappa shape index (κ3) is 4.24. The molecular weight excluding hydrogens is 445 g/mol. The summed E-state index contributed by atoms with van der Waals surface area (Å²) in [6.07, 6.45) is 0. The van der Waals surface area contributed by atoms with Crippen LogP contribution in [0.2, 0.25) is 5.02 Å². The molecule has 0 saturated carbocycles. The second-order valence-electron chi connectivity index (χ2n) is 4.83. The topological polar surface area (TPSA) is 56.8 Å². The Kier molecular flexibility index (Phi) is 6.56. The molecule has 0 saturated heterocycles. The highest BCUT2D eigenvalue weighted by Gasteiger charge is 2.13. The number of rotatable bonds is 6. The number of benzene rings is 2. The minimum Gasteiger partial charge on any atom is -0.496 e. The van der Waals surface area contributed by atoms with Crippen LogP contribution in [0.1, 0.15) is 15.9 Å². The molecule has 0 heterocycles. The zero-order valence-electron chi connectivity index (χ0n) is 13.5. The van der Waals surface area contributed by atoms with Gasteiger partial charge in [-0.1, -0.05) is 11.6 Å². The predicted octanol–water partition coefficient (Wildman–Crippen LogP) is 3.90. The van der Waals surface area contributed by atoms with Crippen molar-refractivity contribution in [3.8, 4) is 17.2 Å². The van der Waals surface area contributed by atoms with Gasteiger partial charge in [0.15, 0.2) is 11.5 Å². The van der Waals surface area contributed by atoms with E-state index in [1.54, 1.807) is 51.7 Å². The van der Waals surface area contributed by atoms with Gasteiger partial charge in [-0.05, 0) is 46.9 Å². The van der Waals surface area contributed by atoms with Crippen molar-refractivity contribution in [3.63, 3.8) is 0 Å². The molecule has 128 valence electrons. The van der Waals surface area contributed by atoms with Gasteiger partial charge < -0.3 is 19.5 Å². The summed E-state index contributed by atoms with van der Waals surface area (Å²) in [5.41, 5.74) is 1.33. The molecular formula is C17H17ClINO4. The molecule has 0 aliphatic heterocycles. The van der Waals surface area contributed by atoms with E-state index >= 15 is 0 Å². The summed E-state index contributed by atoms with van der Waals surface area (Å²) < 4.78 is 16.7. The number of hydrogen-bond acceptors (Lipinski definition) is 4. The number of carbonyl (C=O) groups excluding carboxylic acids is 1. The molecule has 7 heteroatoms. The van der Waals surface area contributed by atoms with E-state index in [-0.39, 0.29) is 5.91 Å². The molecule has 2 aromatic carbocycles. The fourth-order valence-electron chi connectivity index (χ4n) is 2.15. The van der Waals surface area contributed by atoms with E-state index in [1.807, 2.05) is 0 Å². The van der Waals surface area contributed by atoms with Gasteiger partial charge in [-0.25, -0.2) is 0 Å². The lowest BCUT2D eigenvalue weighted by Gasteiger charge is -2.14. The molecule has 0 unspecified atom stereocenters. The number of amides is 1. The second kappa shape index (κ2) is 8.43. The highest BCUT2D eigenvalue weighted by molar-refractivity contribution is 14.1. The van der Waals surface area contributed by atoms with Crippen molar-refractivity contribution in [2.45, 2.75) is 6.54 Å². The third-order valence-corrected chi connectivity index (χ3v) is 4.95.